The van der Waals surface area contributed by atoms with Gasteiger partial charge < -0.3 is 15.7 Å². The molecule has 0 aliphatic heterocycles. The van der Waals surface area contributed by atoms with Crippen molar-refractivity contribution in [1.29, 1.82) is 0 Å². The van der Waals surface area contributed by atoms with Crippen LogP contribution in [0.4, 0.5) is 0 Å². The highest BCUT2D eigenvalue weighted by atomic mass is 16.3. The highest BCUT2D eigenvalue weighted by Crippen LogP contribution is 1.75. The minimum atomic E-state index is -0.492. The van der Waals surface area contributed by atoms with Crippen LogP contribution in [-0.4, -0.2) is 37.3 Å². The molecule has 12 heavy (non-hydrogen) atoms. The Labute approximate surface area is 74.4 Å². The van der Waals surface area contributed by atoms with Gasteiger partial charge in [0, 0.05) is 20.0 Å². The van der Waals surface area contributed by atoms with Gasteiger partial charge in [-0.1, -0.05) is 13.8 Å². The van der Waals surface area contributed by atoms with Gasteiger partial charge in [0.15, 0.2) is 0 Å². The molecule has 1 amide bonds. The van der Waals surface area contributed by atoms with Crippen molar-refractivity contribution < 1.29 is 9.90 Å². The summed E-state index contributed by atoms with van der Waals surface area (Å²) >= 11 is 0. The molecule has 0 radical (unpaired) electrons. The molecule has 0 rings (SSSR count). The largest absolute Gasteiger partial charge is 0.390 e. The van der Waals surface area contributed by atoms with Crippen LogP contribution < -0.4 is 10.6 Å². The lowest BCUT2D eigenvalue weighted by Gasteiger charge is -2.08. The van der Waals surface area contributed by atoms with Gasteiger partial charge in [-0.15, -0.1) is 0 Å². The molecule has 0 bridgehead atoms. The smallest absolute Gasteiger partial charge is 0.216 e. The number of rotatable bonds is 4. The monoisotopic (exact) mass is 176 g/mol. The van der Waals surface area contributed by atoms with E-state index in [2.05, 4.69) is 10.6 Å². The second-order valence-corrected chi connectivity index (χ2v) is 2.15. The van der Waals surface area contributed by atoms with E-state index >= 15 is 0 Å². The number of hydrogen-bond donors (Lipinski definition) is 3. The molecular weight excluding hydrogens is 156 g/mol. The van der Waals surface area contributed by atoms with Crippen LogP contribution in [0, 0.1) is 0 Å². The number of nitrogens with one attached hydrogen (secondary N) is 2. The molecule has 0 aromatic heterocycles. The Hall–Kier alpha value is -0.610. The van der Waals surface area contributed by atoms with Gasteiger partial charge in [0.2, 0.25) is 5.91 Å². The topological polar surface area (TPSA) is 61.4 Å². The SMILES string of the molecule is CC.CNCC(O)CNC(C)=O. The van der Waals surface area contributed by atoms with E-state index in [0.29, 0.717) is 13.1 Å². The van der Waals surface area contributed by atoms with Gasteiger partial charge in [-0.3, -0.25) is 4.79 Å². The van der Waals surface area contributed by atoms with Crippen LogP contribution >= 0.6 is 0 Å². The second kappa shape index (κ2) is 10.4. The van der Waals surface area contributed by atoms with Crippen molar-refractivity contribution in [3.63, 3.8) is 0 Å². The van der Waals surface area contributed by atoms with Crippen molar-refractivity contribution >= 4 is 5.91 Å². The molecule has 0 spiro atoms. The first-order valence-electron chi connectivity index (χ1n) is 4.24. The van der Waals surface area contributed by atoms with Gasteiger partial charge >= 0.3 is 0 Å². The summed E-state index contributed by atoms with van der Waals surface area (Å²) in [5, 5.41) is 14.3. The van der Waals surface area contributed by atoms with E-state index in [1.807, 2.05) is 13.8 Å². The standard InChI is InChI=1S/C6H14N2O2.C2H6/c1-5(9)8-4-6(10)3-7-2;1-2/h6-7,10H,3-4H2,1-2H3,(H,8,9);1-2H3. The number of aliphatic hydroxyl groups is 1. The molecule has 0 aliphatic carbocycles. The van der Waals surface area contributed by atoms with Gasteiger partial charge in [-0.25, -0.2) is 0 Å². The molecule has 4 heteroatoms. The Kier molecular flexibility index (Phi) is 12.1. The lowest BCUT2D eigenvalue weighted by atomic mass is 10.3. The summed E-state index contributed by atoms with van der Waals surface area (Å²) in [4.78, 5) is 10.3. The molecule has 1 atom stereocenters. The Bertz CT molecular complexity index is 107. The molecule has 3 N–H and O–H groups in total. The molecule has 4 nitrogen and oxygen atoms in total. The van der Waals surface area contributed by atoms with Gasteiger partial charge in [0.25, 0.3) is 0 Å². The fourth-order valence-electron chi connectivity index (χ4n) is 0.569. The molecule has 0 aromatic carbocycles. The third kappa shape index (κ3) is 12.1. The minimum Gasteiger partial charge on any atom is -0.390 e. The lowest BCUT2D eigenvalue weighted by molar-refractivity contribution is -0.119. The zero-order chi connectivity index (χ0) is 9.98. The van der Waals surface area contributed by atoms with Gasteiger partial charge in [-0.05, 0) is 7.05 Å². The lowest BCUT2D eigenvalue weighted by Crippen LogP contribution is -2.36. The molecule has 1 unspecified atom stereocenters. The fraction of sp³-hybridized carbons (Fsp3) is 0.875. The third-order valence-corrected chi connectivity index (χ3v) is 1.03. The summed E-state index contributed by atoms with van der Waals surface area (Å²) in [6.45, 7) is 6.24. The van der Waals surface area contributed by atoms with E-state index in [1.54, 1.807) is 7.05 Å². The van der Waals surface area contributed by atoms with Crippen LogP contribution in [0.1, 0.15) is 20.8 Å². The number of carbonyl (C=O) groups is 1. The van der Waals surface area contributed by atoms with Crippen LogP contribution in [0.2, 0.25) is 0 Å². The van der Waals surface area contributed by atoms with Crippen molar-refractivity contribution in [1.82, 2.24) is 10.6 Å². The van der Waals surface area contributed by atoms with E-state index in [0.717, 1.165) is 0 Å². The van der Waals surface area contributed by atoms with Gasteiger partial charge in [0.05, 0.1) is 6.10 Å². The fourth-order valence-corrected chi connectivity index (χ4v) is 0.569. The first-order chi connectivity index (χ1) is 5.66. The van der Waals surface area contributed by atoms with Crippen LogP contribution in [0.15, 0.2) is 0 Å². The van der Waals surface area contributed by atoms with E-state index in [1.165, 1.54) is 6.92 Å². The molecule has 0 saturated heterocycles. The maximum Gasteiger partial charge on any atom is 0.216 e. The van der Waals surface area contributed by atoms with Crippen molar-refractivity contribution in [2.24, 2.45) is 0 Å². The van der Waals surface area contributed by atoms with Crippen LogP contribution in [0.5, 0.6) is 0 Å². The Morgan fingerprint density at radius 2 is 1.92 bits per heavy atom. The zero-order valence-electron chi connectivity index (χ0n) is 8.35. The summed E-state index contributed by atoms with van der Waals surface area (Å²) in [5.74, 6) is -0.116. The van der Waals surface area contributed by atoms with Crippen molar-refractivity contribution in [3.8, 4) is 0 Å². The average Bonchev–Trinajstić information content (AvgIpc) is 2.05. The third-order valence-electron chi connectivity index (χ3n) is 1.03. The van der Waals surface area contributed by atoms with Crippen molar-refractivity contribution in [3.05, 3.63) is 0 Å². The summed E-state index contributed by atoms with van der Waals surface area (Å²) in [6, 6.07) is 0. The van der Waals surface area contributed by atoms with Crippen molar-refractivity contribution in [2.45, 2.75) is 26.9 Å². The predicted octanol–water partition coefficient (Wildman–Crippen LogP) is -0.271. The number of aliphatic hydroxyl groups excluding tert-OH is 1. The normalized spacial score (nSPS) is 11.1. The first kappa shape index (κ1) is 13.9. The van der Waals surface area contributed by atoms with E-state index in [4.69, 9.17) is 5.11 Å². The highest BCUT2D eigenvalue weighted by Gasteiger charge is 2.01. The quantitative estimate of drug-likeness (QED) is 0.552. The van der Waals surface area contributed by atoms with E-state index in [-0.39, 0.29) is 5.91 Å². The number of amides is 1. The molecule has 0 saturated carbocycles. The summed E-state index contributed by atoms with van der Waals surface area (Å²) in [7, 11) is 1.75. The van der Waals surface area contributed by atoms with Crippen LogP contribution in [-0.2, 0) is 4.79 Å². The van der Waals surface area contributed by atoms with Crippen LogP contribution in [0.25, 0.3) is 0 Å². The van der Waals surface area contributed by atoms with Gasteiger partial charge in [-0.2, -0.15) is 0 Å². The zero-order valence-corrected chi connectivity index (χ0v) is 8.35. The second-order valence-electron chi connectivity index (χ2n) is 2.15. The number of likely N-dealkylation sites (N-methyl/N-ethyl adjacent to an activating group) is 1. The average molecular weight is 176 g/mol. The minimum absolute atomic E-state index is 0.116. The first-order valence-corrected chi connectivity index (χ1v) is 4.24. The number of carbonyl (C=O) groups excluding carboxylic acids is 1. The molecule has 0 aromatic rings. The molecule has 74 valence electrons. The Morgan fingerprint density at radius 1 is 1.42 bits per heavy atom. The van der Waals surface area contributed by atoms with Gasteiger partial charge in [0.1, 0.15) is 0 Å². The van der Waals surface area contributed by atoms with Crippen LogP contribution in [0.3, 0.4) is 0 Å². The predicted molar refractivity (Wildman–Crippen MR) is 50.0 cm³/mol. The van der Waals surface area contributed by atoms with Crippen molar-refractivity contribution in [2.75, 3.05) is 20.1 Å². The molecule has 0 heterocycles. The summed E-state index contributed by atoms with van der Waals surface area (Å²) in [6.07, 6.45) is -0.492. The Balaban J connectivity index is 0. The highest BCUT2D eigenvalue weighted by molar-refractivity contribution is 5.72. The van der Waals surface area contributed by atoms with E-state index < -0.39 is 6.10 Å². The molecular formula is C8H20N2O2. The summed E-state index contributed by atoms with van der Waals surface area (Å²) in [5.41, 5.74) is 0. The van der Waals surface area contributed by atoms with E-state index in [9.17, 15) is 4.79 Å². The maximum atomic E-state index is 10.3. The molecule has 0 fully saturated rings. The Morgan fingerprint density at radius 3 is 2.25 bits per heavy atom. The number of hydrogen-bond acceptors (Lipinski definition) is 3. The molecule has 0 aliphatic rings. The summed E-state index contributed by atoms with van der Waals surface area (Å²) < 4.78 is 0. The maximum absolute atomic E-state index is 10.3.